The van der Waals surface area contributed by atoms with Gasteiger partial charge in [0.1, 0.15) is 5.60 Å². The Balaban J connectivity index is 2.95. The van der Waals surface area contributed by atoms with Gasteiger partial charge in [0.25, 0.3) is 0 Å². The first-order valence-electron chi connectivity index (χ1n) is 4.12. The van der Waals surface area contributed by atoms with Crippen LogP contribution < -0.4 is 0 Å². The molecule has 1 rings (SSSR count). The number of ether oxygens (including phenoxy) is 2. The van der Waals surface area contributed by atoms with E-state index in [4.69, 9.17) is 9.47 Å². The van der Waals surface area contributed by atoms with E-state index in [-0.39, 0.29) is 6.61 Å². The molecule has 74 valence electrons. The van der Waals surface area contributed by atoms with Crippen molar-refractivity contribution in [2.75, 3.05) is 13.7 Å². The molecule has 0 saturated carbocycles. The van der Waals surface area contributed by atoms with Gasteiger partial charge in [-0.1, -0.05) is 0 Å². The van der Waals surface area contributed by atoms with Crippen LogP contribution >= 0.6 is 0 Å². The fourth-order valence-corrected chi connectivity index (χ4v) is 1.54. The summed E-state index contributed by atoms with van der Waals surface area (Å²) in [5, 5.41) is 0. The van der Waals surface area contributed by atoms with Gasteiger partial charge in [-0.05, 0) is 20.8 Å². The number of Topliss-reactive ketones (excluding diaryl/α,β-unsaturated/α-hetero) is 2. The molecule has 1 fully saturated rings. The number of methoxy groups -OCH3 is 1. The Hall–Kier alpha value is -0.740. The summed E-state index contributed by atoms with van der Waals surface area (Å²) >= 11 is 0. The molecule has 1 aliphatic rings. The van der Waals surface area contributed by atoms with Crippen LogP contribution in [0.25, 0.3) is 0 Å². The molecule has 0 N–H and O–H groups in total. The fourth-order valence-electron chi connectivity index (χ4n) is 1.54. The Labute approximate surface area is 77.2 Å². The van der Waals surface area contributed by atoms with Crippen LogP contribution in [0.3, 0.4) is 0 Å². The third-order valence-electron chi connectivity index (χ3n) is 2.13. The second-order valence-corrected chi connectivity index (χ2v) is 3.93. The van der Waals surface area contributed by atoms with Gasteiger partial charge in [-0.3, -0.25) is 9.59 Å². The SMILES string of the molecule is COCC1(C)OC(C)(C)C(=O)C1=O. The van der Waals surface area contributed by atoms with E-state index in [9.17, 15) is 9.59 Å². The lowest BCUT2D eigenvalue weighted by Gasteiger charge is -2.23. The summed E-state index contributed by atoms with van der Waals surface area (Å²) in [5.41, 5.74) is -2.11. The smallest absolute Gasteiger partial charge is 0.235 e. The highest BCUT2D eigenvalue weighted by atomic mass is 16.6. The fraction of sp³-hybridized carbons (Fsp3) is 0.778. The predicted octanol–water partition coefficient (Wildman–Crippen LogP) is 0.339. The molecular weight excluding hydrogens is 172 g/mol. The summed E-state index contributed by atoms with van der Waals surface area (Å²) in [7, 11) is 1.47. The van der Waals surface area contributed by atoms with Crippen LogP contribution in [-0.4, -0.2) is 36.5 Å². The van der Waals surface area contributed by atoms with Gasteiger partial charge in [-0.25, -0.2) is 0 Å². The molecule has 13 heavy (non-hydrogen) atoms. The van der Waals surface area contributed by atoms with Gasteiger partial charge in [-0.15, -0.1) is 0 Å². The Morgan fingerprint density at radius 3 is 2.08 bits per heavy atom. The molecule has 0 spiro atoms. The molecule has 1 saturated heterocycles. The van der Waals surface area contributed by atoms with Crippen molar-refractivity contribution in [1.29, 1.82) is 0 Å². The number of ketones is 2. The first-order valence-corrected chi connectivity index (χ1v) is 4.12. The molecule has 0 bridgehead atoms. The summed E-state index contributed by atoms with van der Waals surface area (Å²) in [5.74, 6) is -0.980. The molecule has 1 aliphatic heterocycles. The number of rotatable bonds is 2. The van der Waals surface area contributed by atoms with E-state index in [1.54, 1.807) is 20.8 Å². The maximum absolute atomic E-state index is 11.5. The van der Waals surface area contributed by atoms with Crippen molar-refractivity contribution >= 4 is 11.6 Å². The van der Waals surface area contributed by atoms with E-state index in [1.807, 2.05) is 0 Å². The third kappa shape index (κ3) is 1.51. The summed E-state index contributed by atoms with van der Waals surface area (Å²) < 4.78 is 10.2. The van der Waals surface area contributed by atoms with Gasteiger partial charge in [0.2, 0.25) is 11.6 Å². The number of carbonyl (C=O) groups is 2. The molecule has 0 radical (unpaired) electrons. The zero-order valence-electron chi connectivity index (χ0n) is 8.34. The van der Waals surface area contributed by atoms with E-state index >= 15 is 0 Å². The van der Waals surface area contributed by atoms with Crippen LogP contribution in [-0.2, 0) is 19.1 Å². The van der Waals surface area contributed by atoms with Crippen LogP contribution in [0.2, 0.25) is 0 Å². The highest BCUT2D eigenvalue weighted by Crippen LogP contribution is 2.31. The molecule has 1 unspecified atom stereocenters. The monoisotopic (exact) mass is 186 g/mol. The summed E-state index contributed by atoms with van der Waals surface area (Å²) in [6.07, 6.45) is 0. The average Bonchev–Trinajstić information content (AvgIpc) is 2.13. The van der Waals surface area contributed by atoms with E-state index in [0.29, 0.717) is 0 Å². The lowest BCUT2D eigenvalue weighted by molar-refractivity contribution is -0.143. The Morgan fingerprint density at radius 1 is 1.23 bits per heavy atom. The van der Waals surface area contributed by atoms with E-state index in [0.717, 1.165) is 0 Å². The van der Waals surface area contributed by atoms with Gasteiger partial charge in [0.05, 0.1) is 6.61 Å². The molecule has 1 heterocycles. The quantitative estimate of drug-likeness (QED) is 0.583. The Kier molecular flexibility index (Phi) is 2.30. The van der Waals surface area contributed by atoms with Gasteiger partial charge in [0.15, 0.2) is 5.60 Å². The molecular formula is C9H14O4. The molecule has 4 heteroatoms. The number of hydrogen-bond donors (Lipinski definition) is 0. The predicted molar refractivity (Wildman–Crippen MR) is 45.5 cm³/mol. The number of hydrogen-bond acceptors (Lipinski definition) is 4. The maximum atomic E-state index is 11.5. The molecule has 4 nitrogen and oxygen atoms in total. The first-order chi connectivity index (χ1) is 5.83. The largest absolute Gasteiger partial charge is 0.381 e. The van der Waals surface area contributed by atoms with Crippen LogP contribution in [0.4, 0.5) is 0 Å². The van der Waals surface area contributed by atoms with Crippen LogP contribution in [0.5, 0.6) is 0 Å². The Morgan fingerprint density at radius 2 is 1.77 bits per heavy atom. The zero-order chi connectivity index (χ0) is 10.3. The maximum Gasteiger partial charge on any atom is 0.235 e. The van der Waals surface area contributed by atoms with Crippen molar-refractivity contribution < 1.29 is 19.1 Å². The molecule has 0 aliphatic carbocycles. The van der Waals surface area contributed by atoms with Gasteiger partial charge >= 0.3 is 0 Å². The van der Waals surface area contributed by atoms with Crippen LogP contribution in [0.15, 0.2) is 0 Å². The van der Waals surface area contributed by atoms with Crippen molar-refractivity contribution in [3.8, 4) is 0 Å². The summed E-state index contributed by atoms with van der Waals surface area (Å²) in [6.45, 7) is 4.87. The van der Waals surface area contributed by atoms with Gasteiger partial charge in [0, 0.05) is 7.11 Å². The molecule has 0 aromatic carbocycles. The van der Waals surface area contributed by atoms with Crippen molar-refractivity contribution in [3.05, 3.63) is 0 Å². The normalized spacial score (nSPS) is 32.6. The van der Waals surface area contributed by atoms with Gasteiger partial charge in [-0.2, -0.15) is 0 Å². The average molecular weight is 186 g/mol. The van der Waals surface area contributed by atoms with Crippen molar-refractivity contribution in [3.63, 3.8) is 0 Å². The lowest BCUT2D eigenvalue weighted by Crippen LogP contribution is -2.38. The molecule has 0 aromatic rings. The molecule has 0 amide bonds. The second-order valence-electron chi connectivity index (χ2n) is 3.93. The van der Waals surface area contributed by atoms with Crippen LogP contribution in [0, 0.1) is 0 Å². The zero-order valence-corrected chi connectivity index (χ0v) is 8.34. The van der Waals surface area contributed by atoms with Crippen molar-refractivity contribution in [2.24, 2.45) is 0 Å². The third-order valence-corrected chi connectivity index (χ3v) is 2.13. The standard InChI is InChI=1S/C9H14O4/c1-8(2)6(10)7(11)9(3,13-8)5-12-4/h5H2,1-4H3. The minimum Gasteiger partial charge on any atom is -0.381 e. The highest BCUT2D eigenvalue weighted by molar-refractivity contribution is 6.44. The molecule has 0 aromatic heterocycles. The number of carbonyl (C=O) groups excluding carboxylic acids is 2. The van der Waals surface area contributed by atoms with Crippen molar-refractivity contribution in [1.82, 2.24) is 0 Å². The molecule has 1 atom stereocenters. The highest BCUT2D eigenvalue weighted by Gasteiger charge is 2.55. The van der Waals surface area contributed by atoms with E-state index in [2.05, 4.69) is 0 Å². The summed E-state index contributed by atoms with van der Waals surface area (Å²) in [6, 6.07) is 0. The van der Waals surface area contributed by atoms with Crippen molar-refractivity contribution in [2.45, 2.75) is 32.0 Å². The van der Waals surface area contributed by atoms with Crippen LogP contribution in [0.1, 0.15) is 20.8 Å². The summed E-state index contributed by atoms with van der Waals surface area (Å²) in [4.78, 5) is 22.9. The van der Waals surface area contributed by atoms with Gasteiger partial charge < -0.3 is 9.47 Å². The lowest BCUT2D eigenvalue weighted by atomic mass is 9.97. The minimum atomic E-state index is -1.10. The minimum absolute atomic E-state index is 0.112. The Bertz CT molecular complexity index is 256. The second kappa shape index (κ2) is 2.89. The van der Waals surface area contributed by atoms with E-state index < -0.39 is 22.8 Å². The topological polar surface area (TPSA) is 52.6 Å². The first kappa shape index (κ1) is 10.3. The van der Waals surface area contributed by atoms with E-state index in [1.165, 1.54) is 7.11 Å².